The Hall–Kier alpha value is -3.34. The van der Waals surface area contributed by atoms with Gasteiger partial charge in [0.05, 0.1) is 21.5 Å². The van der Waals surface area contributed by atoms with E-state index in [0.29, 0.717) is 35.2 Å². The van der Waals surface area contributed by atoms with Crippen LogP contribution in [0.4, 0.5) is 0 Å². The van der Waals surface area contributed by atoms with Crippen molar-refractivity contribution in [2.45, 2.75) is 11.8 Å². The van der Waals surface area contributed by atoms with Crippen molar-refractivity contribution in [1.82, 2.24) is 18.8 Å². The van der Waals surface area contributed by atoms with E-state index in [1.807, 2.05) is 13.0 Å². The number of aryl methyl sites for hydroxylation is 1. The molecule has 36 heavy (non-hydrogen) atoms. The molecule has 184 valence electrons. The summed E-state index contributed by atoms with van der Waals surface area (Å²) in [6.45, 7) is 2.88. The Balaban J connectivity index is 1.29. The van der Waals surface area contributed by atoms with Gasteiger partial charge in [-0.2, -0.15) is 4.31 Å². The van der Waals surface area contributed by atoms with Crippen molar-refractivity contribution in [2.24, 2.45) is 0 Å². The highest BCUT2D eigenvalue weighted by atomic mass is 79.9. The van der Waals surface area contributed by atoms with Crippen molar-refractivity contribution < 1.29 is 13.2 Å². The Kier molecular flexibility index (Phi) is 6.50. The van der Waals surface area contributed by atoms with Crippen LogP contribution in [0.25, 0.3) is 16.6 Å². The van der Waals surface area contributed by atoms with Crippen LogP contribution < -0.4 is 5.56 Å². The Morgan fingerprint density at radius 3 is 2.33 bits per heavy atom. The van der Waals surface area contributed by atoms with Crippen molar-refractivity contribution in [2.75, 3.05) is 26.2 Å². The van der Waals surface area contributed by atoms with Crippen molar-refractivity contribution >= 4 is 42.8 Å². The van der Waals surface area contributed by atoms with Gasteiger partial charge in [0.25, 0.3) is 11.5 Å². The molecular formula is C26H23BrN4O4S. The Labute approximate surface area is 217 Å². The lowest BCUT2D eigenvalue weighted by Crippen LogP contribution is -2.50. The van der Waals surface area contributed by atoms with Crippen LogP contribution in [0, 0.1) is 6.92 Å². The number of rotatable bonds is 4. The molecule has 0 saturated carbocycles. The molecule has 1 aromatic heterocycles. The lowest BCUT2D eigenvalue weighted by atomic mass is 10.1. The highest BCUT2D eigenvalue weighted by Crippen LogP contribution is 2.24. The van der Waals surface area contributed by atoms with Crippen LogP contribution in [0.5, 0.6) is 0 Å². The van der Waals surface area contributed by atoms with Crippen molar-refractivity contribution in [3.8, 4) is 5.69 Å². The first kappa shape index (κ1) is 24.4. The number of sulfonamides is 1. The summed E-state index contributed by atoms with van der Waals surface area (Å²) in [6.07, 6.45) is 1.48. The molecular weight excluding hydrogens is 544 g/mol. The zero-order valence-corrected chi connectivity index (χ0v) is 21.9. The number of amides is 1. The molecule has 8 nitrogen and oxygen atoms in total. The van der Waals surface area contributed by atoms with E-state index in [-0.39, 0.29) is 29.5 Å². The minimum atomic E-state index is -3.63. The third-order valence-electron chi connectivity index (χ3n) is 6.35. The number of fused-ring (bicyclic) bond motifs is 1. The van der Waals surface area contributed by atoms with Crippen LogP contribution in [0.3, 0.4) is 0 Å². The van der Waals surface area contributed by atoms with Gasteiger partial charge in [-0.25, -0.2) is 13.4 Å². The molecule has 0 atom stereocenters. The molecule has 1 fully saturated rings. The van der Waals surface area contributed by atoms with E-state index in [0.717, 1.165) is 10.0 Å². The maximum atomic E-state index is 13.1. The average molecular weight is 567 g/mol. The second kappa shape index (κ2) is 9.61. The highest BCUT2D eigenvalue weighted by molar-refractivity contribution is 9.10. The number of aromatic nitrogens is 2. The summed E-state index contributed by atoms with van der Waals surface area (Å²) in [5, 5.41) is 0.520. The molecule has 1 saturated heterocycles. The van der Waals surface area contributed by atoms with Gasteiger partial charge >= 0.3 is 0 Å². The van der Waals surface area contributed by atoms with E-state index in [4.69, 9.17) is 0 Å². The largest absolute Gasteiger partial charge is 0.336 e. The number of hydrogen-bond donors (Lipinski definition) is 0. The fourth-order valence-corrected chi connectivity index (χ4v) is 6.01. The van der Waals surface area contributed by atoms with E-state index < -0.39 is 10.0 Å². The molecule has 5 rings (SSSR count). The molecule has 2 heterocycles. The number of halogens is 1. The van der Waals surface area contributed by atoms with E-state index in [9.17, 15) is 18.0 Å². The second-order valence-corrected chi connectivity index (χ2v) is 11.4. The normalized spacial score (nSPS) is 14.8. The Morgan fingerprint density at radius 1 is 0.944 bits per heavy atom. The molecule has 0 bridgehead atoms. The van der Waals surface area contributed by atoms with Crippen LogP contribution in [-0.4, -0.2) is 59.3 Å². The quantitative estimate of drug-likeness (QED) is 0.376. The van der Waals surface area contributed by atoms with E-state index in [1.54, 1.807) is 65.6 Å². The van der Waals surface area contributed by atoms with E-state index in [2.05, 4.69) is 20.9 Å². The zero-order chi connectivity index (χ0) is 25.4. The average Bonchev–Trinajstić information content (AvgIpc) is 2.90. The summed E-state index contributed by atoms with van der Waals surface area (Å²) < 4.78 is 29.8. The molecule has 1 amide bonds. The molecule has 0 radical (unpaired) electrons. The Morgan fingerprint density at radius 2 is 1.64 bits per heavy atom. The number of nitrogens with zero attached hydrogens (tertiary/aromatic N) is 4. The summed E-state index contributed by atoms with van der Waals surface area (Å²) >= 11 is 3.40. The molecule has 1 aliphatic heterocycles. The lowest BCUT2D eigenvalue weighted by molar-refractivity contribution is 0.0698. The highest BCUT2D eigenvalue weighted by Gasteiger charge is 2.30. The van der Waals surface area contributed by atoms with Crippen LogP contribution >= 0.6 is 15.9 Å². The van der Waals surface area contributed by atoms with Gasteiger partial charge in [0.1, 0.15) is 6.33 Å². The van der Waals surface area contributed by atoms with Gasteiger partial charge in [-0.1, -0.05) is 28.1 Å². The van der Waals surface area contributed by atoms with E-state index in [1.165, 1.54) is 15.2 Å². The first-order valence-corrected chi connectivity index (χ1v) is 13.6. The molecule has 0 aliphatic carbocycles. The molecule has 3 aromatic carbocycles. The summed E-state index contributed by atoms with van der Waals surface area (Å²) in [5.74, 6) is -0.179. The summed E-state index contributed by atoms with van der Waals surface area (Å²) in [5.41, 5.74) is 2.37. The topological polar surface area (TPSA) is 92.6 Å². The number of hydrogen-bond acceptors (Lipinski definition) is 5. The first-order valence-electron chi connectivity index (χ1n) is 11.4. The fourth-order valence-electron chi connectivity index (χ4n) is 4.26. The maximum absolute atomic E-state index is 13.1. The van der Waals surface area contributed by atoms with Gasteiger partial charge in [-0.05, 0) is 67.1 Å². The minimum absolute atomic E-state index is 0.179. The third kappa shape index (κ3) is 4.47. The minimum Gasteiger partial charge on any atom is -0.336 e. The summed E-state index contributed by atoms with van der Waals surface area (Å²) in [4.78, 5) is 32.1. The summed E-state index contributed by atoms with van der Waals surface area (Å²) in [7, 11) is -3.63. The first-order chi connectivity index (χ1) is 17.3. The standard InChI is InChI=1S/C26H23BrN4O4S/c1-18-16-21(10-11-23(18)27)36(34,35)30-14-12-29(13-15-30)25(32)19-6-8-20(9-7-19)31-17-28-24-5-3-2-4-22(24)26(31)33/h2-11,16-17H,12-15H2,1H3. The van der Waals surface area contributed by atoms with E-state index >= 15 is 0 Å². The maximum Gasteiger partial charge on any atom is 0.265 e. The van der Waals surface area contributed by atoms with Gasteiger partial charge in [0.2, 0.25) is 10.0 Å². The summed E-state index contributed by atoms with van der Waals surface area (Å²) in [6, 6.07) is 18.9. The molecule has 1 aliphatic rings. The number of benzene rings is 3. The SMILES string of the molecule is Cc1cc(S(=O)(=O)N2CCN(C(=O)c3ccc(-n4cnc5ccccc5c4=O)cc3)CC2)ccc1Br. The van der Waals surface area contributed by atoms with Gasteiger partial charge < -0.3 is 4.90 Å². The fraction of sp³-hybridized carbons (Fsp3) is 0.192. The van der Waals surface area contributed by atoms with Gasteiger partial charge in [0.15, 0.2) is 0 Å². The number of para-hydroxylation sites is 1. The number of piperazine rings is 1. The zero-order valence-electron chi connectivity index (χ0n) is 19.5. The number of carbonyl (C=O) groups is 1. The van der Waals surface area contributed by atoms with Gasteiger partial charge in [-0.15, -0.1) is 0 Å². The molecule has 10 heteroatoms. The van der Waals surface area contributed by atoms with Crippen molar-refractivity contribution in [3.05, 3.63) is 99.0 Å². The van der Waals surface area contributed by atoms with Gasteiger partial charge in [0, 0.05) is 36.2 Å². The Bertz CT molecular complexity index is 1630. The van der Waals surface area contributed by atoms with Crippen LogP contribution in [-0.2, 0) is 10.0 Å². The van der Waals surface area contributed by atoms with Crippen LogP contribution in [0.2, 0.25) is 0 Å². The van der Waals surface area contributed by atoms with Crippen molar-refractivity contribution in [3.63, 3.8) is 0 Å². The molecule has 0 unspecified atom stereocenters. The van der Waals surface area contributed by atoms with Crippen LogP contribution in [0.15, 0.2) is 87.2 Å². The molecule has 0 N–H and O–H groups in total. The second-order valence-electron chi connectivity index (χ2n) is 8.59. The molecule has 0 spiro atoms. The monoisotopic (exact) mass is 566 g/mol. The molecule has 4 aromatic rings. The predicted molar refractivity (Wildman–Crippen MR) is 141 cm³/mol. The van der Waals surface area contributed by atoms with Crippen LogP contribution in [0.1, 0.15) is 15.9 Å². The lowest BCUT2D eigenvalue weighted by Gasteiger charge is -2.34. The van der Waals surface area contributed by atoms with Gasteiger partial charge in [-0.3, -0.25) is 14.2 Å². The number of carbonyl (C=O) groups excluding carboxylic acids is 1. The third-order valence-corrected chi connectivity index (χ3v) is 9.14. The predicted octanol–water partition coefficient (Wildman–Crippen LogP) is 3.60. The van der Waals surface area contributed by atoms with Crippen molar-refractivity contribution in [1.29, 1.82) is 0 Å². The smallest absolute Gasteiger partial charge is 0.265 e.